The lowest BCUT2D eigenvalue weighted by molar-refractivity contribution is -0.906. The van der Waals surface area contributed by atoms with Gasteiger partial charge in [0.05, 0.1) is 20.6 Å². The van der Waals surface area contributed by atoms with Crippen molar-refractivity contribution in [1.29, 1.82) is 0 Å². The molecule has 25 heavy (non-hydrogen) atoms. The van der Waals surface area contributed by atoms with Gasteiger partial charge < -0.3 is 17.8 Å². The molecule has 0 N–H and O–H groups in total. The zero-order chi connectivity index (χ0) is 19.2. The maximum atomic E-state index is 5.75. The lowest BCUT2D eigenvalue weighted by Gasteiger charge is -2.43. The molecule has 0 fully saturated rings. The van der Waals surface area contributed by atoms with E-state index < -0.39 is 8.80 Å². The second-order valence-corrected chi connectivity index (χ2v) is 10.9. The molecule has 0 aromatic rings. The second kappa shape index (κ2) is 14.2. The minimum atomic E-state index is -2.61. The average Bonchev–Trinajstić information content (AvgIpc) is 2.61. The molecule has 0 aromatic heterocycles. The maximum absolute atomic E-state index is 5.75. The summed E-state index contributed by atoms with van der Waals surface area (Å²) in [6.45, 7) is 5.64. The van der Waals surface area contributed by atoms with Crippen molar-refractivity contribution in [1.82, 2.24) is 0 Å². The zero-order valence-electron chi connectivity index (χ0n) is 18.2. The molecule has 4 nitrogen and oxygen atoms in total. The lowest BCUT2D eigenvalue weighted by Crippen LogP contribution is -2.67. The Bertz CT molecular complexity index is 301. The SMILES string of the molecule is CCCCCCCCCCCC[N+](C)(C)C(CC)[Si](OC)(OC)OC. The minimum absolute atomic E-state index is 0.283. The monoisotopic (exact) mass is 376 g/mol. The van der Waals surface area contributed by atoms with Crippen LogP contribution in [-0.4, -0.2) is 60.9 Å². The van der Waals surface area contributed by atoms with Gasteiger partial charge in [-0.1, -0.05) is 65.2 Å². The second-order valence-electron chi connectivity index (χ2n) is 7.82. The first-order valence-corrected chi connectivity index (χ1v) is 12.2. The van der Waals surface area contributed by atoms with Gasteiger partial charge in [0.1, 0.15) is 0 Å². The van der Waals surface area contributed by atoms with E-state index in [-0.39, 0.29) is 5.67 Å². The first-order valence-electron chi connectivity index (χ1n) is 10.4. The quantitative estimate of drug-likeness (QED) is 0.199. The van der Waals surface area contributed by atoms with Crippen LogP contribution in [0.4, 0.5) is 0 Å². The van der Waals surface area contributed by atoms with E-state index in [0.29, 0.717) is 0 Å². The van der Waals surface area contributed by atoms with Gasteiger partial charge in [-0.3, -0.25) is 0 Å². The van der Waals surface area contributed by atoms with Crippen LogP contribution in [0.1, 0.15) is 84.5 Å². The van der Waals surface area contributed by atoms with E-state index in [1.54, 1.807) is 21.3 Å². The molecule has 0 aliphatic carbocycles. The molecule has 0 aliphatic rings. The number of unbranched alkanes of at least 4 members (excludes halogenated alkanes) is 9. The van der Waals surface area contributed by atoms with Gasteiger partial charge in [0.15, 0.2) is 5.67 Å². The predicted octanol–water partition coefficient (Wildman–Crippen LogP) is 5.18. The van der Waals surface area contributed by atoms with Crippen LogP contribution in [-0.2, 0) is 13.3 Å². The van der Waals surface area contributed by atoms with Crippen molar-refractivity contribution in [3.63, 3.8) is 0 Å². The van der Waals surface area contributed by atoms with Gasteiger partial charge >= 0.3 is 8.80 Å². The molecule has 0 aromatic carbocycles. The van der Waals surface area contributed by atoms with E-state index in [0.717, 1.165) is 17.4 Å². The van der Waals surface area contributed by atoms with Crippen LogP contribution < -0.4 is 0 Å². The molecular formula is C20H46NO3Si+. The van der Waals surface area contributed by atoms with Crippen LogP contribution in [0.3, 0.4) is 0 Å². The topological polar surface area (TPSA) is 27.7 Å². The third-order valence-corrected chi connectivity index (χ3v) is 9.21. The molecule has 0 radical (unpaired) electrons. The van der Waals surface area contributed by atoms with Gasteiger partial charge in [0.25, 0.3) is 0 Å². The Kier molecular flexibility index (Phi) is 14.2. The fourth-order valence-corrected chi connectivity index (χ4v) is 6.79. The first-order chi connectivity index (χ1) is 11.9. The largest absolute Gasteiger partial charge is 0.561 e. The normalized spacial score (nSPS) is 14.0. The molecule has 152 valence electrons. The number of hydrogen-bond acceptors (Lipinski definition) is 3. The van der Waals surface area contributed by atoms with Crippen molar-refractivity contribution < 1.29 is 17.8 Å². The fourth-order valence-electron chi connectivity index (χ4n) is 3.99. The van der Waals surface area contributed by atoms with Crippen molar-refractivity contribution in [2.24, 2.45) is 0 Å². The van der Waals surface area contributed by atoms with Gasteiger partial charge in [0, 0.05) is 27.8 Å². The molecule has 0 rings (SSSR count). The summed E-state index contributed by atoms with van der Waals surface area (Å²) in [5.74, 6) is 0. The van der Waals surface area contributed by atoms with Gasteiger partial charge in [-0.15, -0.1) is 0 Å². The van der Waals surface area contributed by atoms with Crippen molar-refractivity contribution in [3.8, 4) is 0 Å². The molecule has 0 aliphatic heterocycles. The Labute approximate surface area is 159 Å². The predicted molar refractivity (Wildman–Crippen MR) is 110 cm³/mol. The molecule has 0 heterocycles. The molecule has 0 bridgehead atoms. The van der Waals surface area contributed by atoms with E-state index in [4.69, 9.17) is 13.3 Å². The van der Waals surface area contributed by atoms with Crippen molar-refractivity contribution in [2.75, 3.05) is 42.0 Å². The summed E-state index contributed by atoms with van der Waals surface area (Å²) in [6, 6.07) is 0. The molecular weight excluding hydrogens is 330 g/mol. The highest BCUT2D eigenvalue weighted by Gasteiger charge is 2.55. The Hall–Kier alpha value is 0.0569. The van der Waals surface area contributed by atoms with Crippen LogP contribution in [0.25, 0.3) is 0 Å². The van der Waals surface area contributed by atoms with E-state index in [1.807, 2.05) is 0 Å². The van der Waals surface area contributed by atoms with Crippen LogP contribution in [0.5, 0.6) is 0 Å². The van der Waals surface area contributed by atoms with Gasteiger partial charge in [-0.2, -0.15) is 0 Å². The highest BCUT2D eigenvalue weighted by molar-refractivity contribution is 6.62. The summed E-state index contributed by atoms with van der Waals surface area (Å²) in [4.78, 5) is 0. The third kappa shape index (κ3) is 9.00. The third-order valence-electron chi connectivity index (χ3n) is 5.58. The van der Waals surface area contributed by atoms with E-state index in [1.165, 1.54) is 64.2 Å². The number of rotatable bonds is 17. The minimum Gasteiger partial charge on any atom is -0.373 e. The summed E-state index contributed by atoms with van der Waals surface area (Å²) in [5, 5.41) is 0. The summed E-state index contributed by atoms with van der Waals surface area (Å²) < 4.78 is 18.2. The highest BCUT2D eigenvalue weighted by atomic mass is 28.4. The summed E-state index contributed by atoms with van der Waals surface area (Å²) in [7, 11) is 7.15. The maximum Gasteiger partial charge on any atom is 0.561 e. The number of quaternary nitrogens is 1. The molecule has 0 spiro atoms. The zero-order valence-corrected chi connectivity index (χ0v) is 19.2. The Morgan fingerprint density at radius 1 is 0.680 bits per heavy atom. The Morgan fingerprint density at radius 2 is 1.08 bits per heavy atom. The smallest absolute Gasteiger partial charge is 0.373 e. The average molecular weight is 377 g/mol. The van der Waals surface area contributed by atoms with Crippen molar-refractivity contribution in [3.05, 3.63) is 0 Å². The Morgan fingerprint density at radius 3 is 1.44 bits per heavy atom. The van der Waals surface area contributed by atoms with Gasteiger partial charge in [-0.05, 0) is 12.8 Å². The first kappa shape index (κ1) is 25.1. The van der Waals surface area contributed by atoms with E-state index >= 15 is 0 Å². The highest BCUT2D eigenvalue weighted by Crippen LogP contribution is 2.25. The lowest BCUT2D eigenvalue weighted by atomic mass is 10.1. The van der Waals surface area contributed by atoms with Crippen LogP contribution >= 0.6 is 0 Å². The molecule has 0 saturated carbocycles. The molecule has 0 amide bonds. The summed E-state index contributed by atoms with van der Waals surface area (Å²) in [5.41, 5.74) is 0.283. The van der Waals surface area contributed by atoms with E-state index in [9.17, 15) is 0 Å². The van der Waals surface area contributed by atoms with Gasteiger partial charge in [-0.25, -0.2) is 0 Å². The Balaban J connectivity index is 4.13. The summed E-state index contributed by atoms with van der Waals surface area (Å²) >= 11 is 0. The molecule has 1 unspecified atom stereocenters. The van der Waals surface area contributed by atoms with Crippen LogP contribution in [0.15, 0.2) is 0 Å². The molecule has 1 atom stereocenters. The number of hydrogen-bond donors (Lipinski definition) is 0. The van der Waals surface area contributed by atoms with Crippen LogP contribution in [0, 0.1) is 0 Å². The molecule has 5 heteroatoms. The van der Waals surface area contributed by atoms with Crippen LogP contribution in [0.2, 0.25) is 0 Å². The fraction of sp³-hybridized carbons (Fsp3) is 1.00. The summed E-state index contributed by atoms with van der Waals surface area (Å²) in [6.07, 6.45) is 14.8. The van der Waals surface area contributed by atoms with Crippen molar-refractivity contribution >= 4 is 8.80 Å². The number of nitrogens with zero attached hydrogens (tertiary/aromatic N) is 1. The van der Waals surface area contributed by atoms with Crippen molar-refractivity contribution in [2.45, 2.75) is 90.1 Å². The molecule has 0 saturated heterocycles. The standard InChI is InChI=1S/C20H46NO3Si/c1-8-10-11-12-13-14-15-16-17-18-19-21(3,4)20(9-2)25(22-5,23-6)24-7/h20H,8-19H2,1-7H3/q+1. The van der Waals surface area contributed by atoms with Gasteiger partial charge in [0.2, 0.25) is 0 Å². The van der Waals surface area contributed by atoms with E-state index in [2.05, 4.69) is 27.9 Å².